The van der Waals surface area contributed by atoms with Gasteiger partial charge in [0.05, 0.1) is 21.6 Å². The summed E-state index contributed by atoms with van der Waals surface area (Å²) in [6.45, 7) is 4.23. The highest BCUT2D eigenvalue weighted by atomic mass is 35.5. The first-order chi connectivity index (χ1) is 9.91. The van der Waals surface area contributed by atoms with Crippen LogP contribution in [-0.4, -0.2) is 52.9 Å². The minimum Gasteiger partial charge on any atom is -0.392 e. The summed E-state index contributed by atoms with van der Waals surface area (Å²) in [6, 6.07) is 4.23. The Hall–Kier alpha value is -1.24. The van der Waals surface area contributed by atoms with Crippen molar-refractivity contribution in [3.8, 4) is 0 Å². The number of amides is 1. The number of nitrogens with two attached hydrogens (primary N) is 1. The summed E-state index contributed by atoms with van der Waals surface area (Å²) in [5.41, 5.74) is 5.57. The molecule has 1 aliphatic heterocycles. The van der Waals surface area contributed by atoms with Crippen LogP contribution in [0.2, 0.25) is 5.02 Å². The molecule has 1 atom stereocenters. The normalized spacial score (nSPS) is 17.6. The fourth-order valence-corrected chi connectivity index (χ4v) is 2.75. The first-order valence-corrected chi connectivity index (χ1v) is 7.47. The van der Waals surface area contributed by atoms with E-state index in [0.29, 0.717) is 31.2 Å². The van der Waals surface area contributed by atoms with E-state index in [1.165, 1.54) is 18.2 Å². The van der Waals surface area contributed by atoms with Crippen LogP contribution in [0.3, 0.4) is 0 Å². The smallest absolute Gasteiger partial charge is 0.258 e. The number of carbonyl (C=O) groups excluding carboxylic acids is 1. The molecule has 1 aromatic rings. The van der Waals surface area contributed by atoms with Crippen molar-refractivity contribution >= 4 is 34.7 Å². The zero-order valence-corrected chi connectivity index (χ0v) is 13.3. The van der Waals surface area contributed by atoms with Crippen molar-refractivity contribution in [3.05, 3.63) is 34.6 Å². The molecule has 1 fully saturated rings. The zero-order valence-electron chi connectivity index (χ0n) is 11.7. The van der Waals surface area contributed by atoms with Crippen molar-refractivity contribution in [1.29, 1.82) is 0 Å². The second-order valence-corrected chi connectivity index (χ2v) is 5.88. The van der Waals surface area contributed by atoms with Gasteiger partial charge in [-0.15, -0.1) is 0 Å². The van der Waals surface area contributed by atoms with E-state index in [9.17, 15) is 9.18 Å². The van der Waals surface area contributed by atoms with E-state index in [1.807, 2.05) is 6.92 Å². The fraction of sp³-hybridized carbons (Fsp3) is 0.429. The number of piperazine rings is 1. The highest BCUT2D eigenvalue weighted by Gasteiger charge is 2.28. The van der Waals surface area contributed by atoms with Gasteiger partial charge in [0.25, 0.3) is 5.91 Å². The molecule has 114 valence electrons. The molecular formula is C14H17ClFN3OS. The number of hydrogen-bond donors (Lipinski definition) is 1. The molecule has 1 unspecified atom stereocenters. The largest absolute Gasteiger partial charge is 0.392 e. The molecule has 0 saturated carbocycles. The van der Waals surface area contributed by atoms with E-state index in [-0.39, 0.29) is 22.5 Å². The molecule has 2 N–H and O–H groups in total. The molecule has 0 aliphatic carbocycles. The number of rotatable bonds is 3. The van der Waals surface area contributed by atoms with E-state index in [2.05, 4.69) is 4.90 Å². The summed E-state index contributed by atoms with van der Waals surface area (Å²) in [5.74, 6) is -0.966. The van der Waals surface area contributed by atoms with E-state index >= 15 is 0 Å². The predicted octanol–water partition coefficient (Wildman–Crippen LogP) is 1.91. The van der Waals surface area contributed by atoms with Gasteiger partial charge in [-0.1, -0.05) is 29.9 Å². The van der Waals surface area contributed by atoms with Crippen molar-refractivity contribution in [3.63, 3.8) is 0 Å². The Labute approximate surface area is 133 Å². The Balaban J connectivity index is 2.06. The quantitative estimate of drug-likeness (QED) is 0.861. The van der Waals surface area contributed by atoms with Gasteiger partial charge in [-0.3, -0.25) is 9.69 Å². The van der Waals surface area contributed by atoms with E-state index in [1.54, 1.807) is 4.90 Å². The number of halogens is 2. The first-order valence-electron chi connectivity index (χ1n) is 6.68. The first kappa shape index (κ1) is 16.1. The molecule has 0 radical (unpaired) electrons. The molecule has 1 heterocycles. The summed E-state index contributed by atoms with van der Waals surface area (Å²) in [4.78, 5) is 16.5. The summed E-state index contributed by atoms with van der Waals surface area (Å²) in [6.07, 6.45) is 0. The maximum absolute atomic E-state index is 13.8. The Morgan fingerprint density at radius 2 is 2.00 bits per heavy atom. The van der Waals surface area contributed by atoms with Crippen LogP contribution >= 0.6 is 23.8 Å². The van der Waals surface area contributed by atoms with Crippen molar-refractivity contribution in [2.24, 2.45) is 5.73 Å². The average Bonchev–Trinajstić information content (AvgIpc) is 2.46. The Bertz CT molecular complexity index is 541. The highest BCUT2D eigenvalue weighted by Crippen LogP contribution is 2.21. The van der Waals surface area contributed by atoms with Gasteiger partial charge in [-0.25, -0.2) is 4.39 Å². The second kappa shape index (κ2) is 6.68. The summed E-state index contributed by atoms with van der Waals surface area (Å²) >= 11 is 10.9. The Kier molecular flexibility index (Phi) is 5.13. The van der Waals surface area contributed by atoms with Gasteiger partial charge in [0.15, 0.2) is 0 Å². The van der Waals surface area contributed by atoms with Gasteiger partial charge < -0.3 is 10.6 Å². The third-order valence-electron chi connectivity index (χ3n) is 3.74. The Morgan fingerprint density at radius 3 is 2.52 bits per heavy atom. The molecule has 0 spiro atoms. The van der Waals surface area contributed by atoms with Crippen LogP contribution in [0.15, 0.2) is 18.2 Å². The number of hydrogen-bond acceptors (Lipinski definition) is 3. The molecule has 1 aromatic carbocycles. The lowest BCUT2D eigenvalue weighted by molar-refractivity contribution is 0.0617. The number of benzene rings is 1. The lowest BCUT2D eigenvalue weighted by Crippen LogP contribution is -2.54. The van der Waals surface area contributed by atoms with Crippen LogP contribution in [0, 0.1) is 5.82 Å². The minimum absolute atomic E-state index is 0.00528. The van der Waals surface area contributed by atoms with Gasteiger partial charge >= 0.3 is 0 Å². The van der Waals surface area contributed by atoms with Crippen molar-refractivity contribution < 1.29 is 9.18 Å². The number of nitrogens with zero attached hydrogens (tertiary/aromatic N) is 2. The molecule has 7 heteroatoms. The molecular weight excluding hydrogens is 313 g/mol. The van der Waals surface area contributed by atoms with Gasteiger partial charge in [0.1, 0.15) is 5.82 Å². The number of thiocarbonyl (C=S) groups is 1. The molecule has 1 aliphatic rings. The lowest BCUT2D eigenvalue weighted by atomic mass is 10.1. The van der Waals surface area contributed by atoms with Crippen LogP contribution in [0.1, 0.15) is 17.3 Å². The van der Waals surface area contributed by atoms with Gasteiger partial charge in [-0.05, 0) is 19.1 Å². The van der Waals surface area contributed by atoms with Crippen LogP contribution in [0.4, 0.5) is 4.39 Å². The third kappa shape index (κ3) is 3.51. The minimum atomic E-state index is -0.591. The van der Waals surface area contributed by atoms with Crippen molar-refractivity contribution in [2.75, 3.05) is 26.2 Å². The monoisotopic (exact) mass is 329 g/mol. The van der Waals surface area contributed by atoms with E-state index < -0.39 is 5.82 Å². The molecule has 0 bridgehead atoms. The second-order valence-electron chi connectivity index (χ2n) is 5.00. The topological polar surface area (TPSA) is 49.6 Å². The third-order valence-corrected chi connectivity index (χ3v) is 4.39. The molecule has 2 rings (SSSR count). The molecule has 0 aromatic heterocycles. The van der Waals surface area contributed by atoms with Gasteiger partial charge in [-0.2, -0.15) is 0 Å². The van der Waals surface area contributed by atoms with Crippen molar-refractivity contribution in [1.82, 2.24) is 9.80 Å². The van der Waals surface area contributed by atoms with Crippen LogP contribution < -0.4 is 5.73 Å². The summed E-state index contributed by atoms with van der Waals surface area (Å²) < 4.78 is 13.8. The molecule has 4 nitrogen and oxygen atoms in total. The van der Waals surface area contributed by atoms with Crippen LogP contribution in [0.5, 0.6) is 0 Å². The molecule has 21 heavy (non-hydrogen) atoms. The van der Waals surface area contributed by atoms with Crippen LogP contribution in [-0.2, 0) is 0 Å². The average molecular weight is 330 g/mol. The van der Waals surface area contributed by atoms with Crippen molar-refractivity contribution in [2.45, 2.75) is 13.0 Å². The maximum atomic E-state index is 13.8. The maximum Gasteiger partial charge on any atom is 0.258 e. The van der Waals surface area contributed by atoms with Gasteiger partial charge in [0, 0.05) is 26.2 Å². The van der Waals surface area contributed by atoms with Gasteiger partial charge in [0.2, 0.25) is 0 Å². The standard InChI is InChI=1S/C14H17ClFN3OS/c1-9(13(17)21)18-5-7-19(8-6-18)14(20)12-10(15)3-2-4-11(12)16/h2-4,9H,5-8H2,1H3,(H2,17,21). The number of carbonyl (C=O) groups is 1. The zero-order chi connectivity index (χ0) is 15.6. The van der Waals surface area contributed by atoms with E-state index in [4.69, 9.17) is 29.6 Å². The predicted molar refractivity (Wildman–Crippen MR) is 85.1 cm³/mol. The lowest BCUT2D eigenvalue weighted by Gasteiger charge is -2.37. The molecule has 1 amide bonds. The Morgan fingerprint density at radius 1 is 1.38 bits per heavy atom. The van der Waals surface area contributed by atoms with E-state index in [0.717, 1.165) is 0 Å². The molecule has 1 saturated heterocycles. The van der Waals surface area contributed by atoms with Crippen LogP contribution in [0.25, 0.3) is 0 Å². The summed E-state index contributed by atoms with van der Waals surface area (Å²) in [7, 11) is 0. The SMILES string of the molecule is CC(C(N)=S)N1CCN(C(=O)c2c(F)cccc2Cl)CC1. The summed E-state index contributed by atoms with van der Waals surface area (Å²) in [5, 5.41) is 0.138. The fourth-order valence-electron chi connectivity index (χ4n) is 2.35. The highest BCUT2D eigenvalue weighted by molar-refractivity contribution is 7.80.